The molecule has 0 saturated carbocycles. The molecule has 4 rings (SSSR count). The Labute approximate surface area is 133 Å². The highest BCUT2D eigenvalue weighted by Gasteiger charge is 2.18. The van der Waals surface area contributed by atoms with Gasteiger partial charge in [0.1, 0.15) is 5.75 Å². The molecule has 0 atom stereocenters. The molecule has 2 aliphatic carbocycles. The molecule has 0 radical (unpaired) electrons. The average molecular weight is 318 g/mol. The molecule has 5 heteroatoms. The monoisotopic (exact) mass is 318 g/mol. The van der Waals surface area contributed by atoms with Gasteiger partial charge in [-0.1, -0.05) is 36.4 Å². The molecule has 2 aromatic rings. The standard InChI is InChI=1S/C19H10O5/c1-24-12-8-4-7-11-13(12)19(23)15-14(18(11)22)16(20)9-5-2-3-6-10(9)17(15)21/h2-8H,1H3. The van der Waals surface area contributed by atoms with E-state index >= 15 is 0 Å². The fourth-order valence-corrected chi connectivity index (χ4v) is 3.19. The summed E-state index contributed by atoms with van der Waals surface area (Å²) in [6.45, 7) is 0. The van der Waals surface area contributed by atoms with Gasteiger partial charge in [-0.15, -0.1) is 0 Å². The molecule has 0 saturated heterocycles. The largest absolute Gasteiger partial charge is 0.496 e. The minimum absolute atomic E-state index is 0.0317. The summed E-state index contributed by atoms with van der Waals surface area (Å²) in [5.41, 5.74) is -2.46. The van der Waals surface area contributed by atoms with Crippen LogP contribution in [0.25, 0.3) is 21.5 Å². The Bertz CT molecular complexity index is 1410. The molecule has 0 aromatic heterocycles. The summed E-state index contributed by atoms with van der Waals surface area (Å²) in [6, 6.07) is 10.8. The van der Waals surface area contributed by atoms with E-state index in [1.54, 1.807) is 24.3 Å². The quantitative estimate of drug-likeness (QED) is 0.524. The van der Waals surface area contributed by atoms with Crippen LogP contribution in [-0.4, -0.2) is 7.11 Å². The number of hydrogen-bond acceptors (Lipinski definition) is 5. The van der Waals surface area contributed by atoms with E-state index in [4.69, 9.17) is 4.74 Å². The summed E-state index contributed by atoms with van der Waals surface area (Å²) in [4.78, 5) is 51.1. The molecule has 0 unspecified atom stereocenters. The highest BCUT2D eigenvalue weighted by molar-refractivity contribution is 5.89. The number of ether oxygens (including phenoxy) is 1. The van der Waals surface area contributed by atoms with Crippen molar-refractivity contribution in [2.24, 2.45) is 0 Å². The lowest BCUT2D eigenvalue weighted by molar-refractivity contribution is 0.419. The highest BCUT2D eigenvalue weighted by atomic mass is 16.5. The van der Waals surface area contributed by atoms with Crippen molar-refractivity contribution in [3.05, 3.63) is 93.8 Å². The maximum absolute atomic E-state index is 12.9. The summed E-state index contributed by atoms with van der Waals surface area (Å²) >= 11 is 0. The zero-order chi connectivity index (χ0) is 17.0. The second-order valence-electron chi connectivity index (χ2n) is 5.49. The van der Waals surface area contributed by atoms with E-state index in [-0.39, 0.29) is 37.7 Å². The van der Waals surface area contributed by atoms with Gasteiger partial charge in [0.2, 0.25) is 5.43 Å². The fourth-order valence-electron chi connectivity index (χ4n) is 3.19. The van der Waals surface area contributed by atoms with Gasteiger partial charge in [-0.25, -0.2) is 0 Å². The first-order valence-electron chi connectivity index (χ1n) is 7.25. The van der Waals surface area contributed by atoms with Crippen molar-refractivity contribution < 1.29 is 4.74 Å². The van der Waals surface area contributed by atoms with Gasteiger partial charge < -0.3 is 4.74 Å². The zero-order valence-corrected chi connectivity index (χ0v) is 12.6. The van der Waals surface area contributed by atoms with Crippen LogP contribution < -0.4 is 26.5 Å². The van der Waals surface area contributed by atoms with Crippen LogP contribution in [0, 0.1) is 10.4 Å². The predicted molar refractivity (Wildman–Crippen MR) is 90.8 cm³/mol. The minimum Gasteiger partial charge on any atom is -0.496 e. The maximum Gasteiger partial charge on any atom is 0.202 e. The van der Waals surface area contributed by atoms with Gasteiger partial charge in [0.25, 0.3) is 0 Å². The molecule has 0 fully saturated rings. The van der Waals surface area contributed by atoms with Gasteiger partial charge in [-0.05, 0) is 6.07 Å². The average Bonchev–Trinajstić information content (AvgIpc) is 2.62. The molecule has 5 nitrogen and oxygen atoms in total. The van der Waals surface area contributed by atoms with E-state index in [0.717, 1.165) is 0 Å². The van der Waals surface area contributed by atoms with Gasteiger partial charge in [0.15, 0.2) is 16.3 Å². The first-order valence-corrected chi connectivity index (χ1v) is 7.25. The van der Waals surface area contributed by atoms with E-state index in [1.807, 2.05) is 0 Å². The summed E-state index contributed by atoms with van der Waals surface area (Å²) in [6.07, 6.45) is 0. The number of hydrogen-bond donors (Lipinski definition) is 0. The van der Waals surface area contributed by atoms with Gasteiger partial charge in [0.05, 0.1) is 22.9 Å². The van der Waals surface area contributed by atoms with Crippen molar-refractivity contribution >= 4 is 21.5 Å². The van der Waals surface area contributed by atoms with Gasteiger partial charge in [0, 0.05) is 16.2 Å². The molecule has 0 amide bonds. The van der Waals surface area contributed by atoms with Crippen LogP contribution in [0.2, 0.25) is 0 Å². The molecule has 116 valence electrons. The van der Waals surface area contributed by atoms with Crippen molar-refractivity contribution in [1.29, 1.82) is 0 Å². The highest BCUT2D eigenvalue weighted by Crippen LogP contribution is 2.19. The summed E-state index contributed by atoms with van der Waals surface area (Å²) in [7, 11) is 1.38. The maximum atomic E-state index is 12.9. The number of rotatable bonds is 1. The van der Waals surface area contributed by atoms with E-state index < -0.39 is 21.7 Å². The molecule has 0 bridgehead atoms. The third-order valence-electron chi connectivity index (χ3n) is 4.29. The lowest BCUT2D eigenvalue weighted by atomic mass is 10.00. The second kappa shape index (κ2) is 4.83. The van der Waals surface area contributed by atoms with E-state index in [9.17, 15) is 19.2 Å². The molecule has 0 aliphatic heterocycles. The van der Waals surface area contributed by atoms with Crippen molar-refractivity contribution in [3.8, 4) is 5.75 Å². The Balaban J connectivity index is 2.57. The number of fused-ring (bicyclic) bond motifs is 2. The Kier molecular flexibility index (Phi) is 2.87. The molecular weight excluding hydrogens is 308 g/mol. The molecule has 24 heavy (non-hydrogen) atoms. The van der Waals surface area contributed by atoms with Crippen LogP contribution in [0.5, 0.6) is 5.75 Å². The Morgan fingerprint density at radius 2 is 1.12 bits per heavy atom. The Morgan fingerprint density at radius 1 is 0.625 bits per heavy atom. The van der Waals surface area contributed by atoms with E-state index in [2.05, 4.69) is 0 Å². The summed E-state index contributed by atoms with van der Waals surface area (Å²) < 4.78 is 5.15. The molecule has 0 heterocycles. The predicted octanol–water partition coefficient (Wildman–Crippen LogP) is 1.04. The number of benzene rings is 2. The smallest absolute Gasteiger partial charge is 0.202 e. The van der Waals surface area contributed by atoms with Crippen molar-refractivity contribution in [2.45, 2.75) is 0 Å². The van der Waals surface area contributed by atoms with E-state index in [1.165, 1.54) is 25.3 Å². The van der Waals surface area contributed by atoms with E-state index in [0.29, 0.717) is 0 Å². The summed E-state index contributed by atoms with van der Waals surface area (Å²) in [5, 5.41) is -0.303. The zero-order valence-electron chi connectivity index (χ0n) is 12.6. The molecule has 0 N–H and O–H groups in total. The van der Waals surface area contributed by atoms with Crippen LogP contribution in [0.4, 0.5) is 0 Å². The van der Waals surface area contributed by atoms with Crippen molar-refractivity contribution in [2.75, 3.05) is 7.11 Å². The summed E-state index contributed by atoms with van der Waals surface area (Å²) in [5.74, 6) is 0.205. The third-order valence-corrected chi connectivity index (χ3v) is 4.29. The van der Waals surface area contributed by atoms with Crippen LogP contribution in [0.3, 0.4) is 0 Å². The van der Waals surface area contributed by atoms with Gasteiger partial charge in [-0.2, -0.15) is 0 Å². The third kappa shape index (κ3) is 1.64. The first kappa shape index (κ1) is 14.3. The number of methoxy groups -OCH3 is 1. The van der Waals surface area contributed by atoms with Crippen LogP contribution in [0.15, 0.2) is 61.6 Å². The second-order valence-corrected chi connectivity index (χ2v) is 5.49. The van der Waals surface area contributed by atoms with Gasteiger partial charge in [-0.3, -0.25) is 19.2 Å². The Morgan fingerprint density at radius 3 is 1.71 bits per heavy atom. The fraction of sp³-hybridized carbons (Fsp3) is 0.0526. The van der Waals surface area contributed by atoms with Crippen LogP contribution in [0.1, 0.15) is 0 Å². The van der Waals surface area contributed by atoms with Crippen molar-refractivity contribution in [1.82, 2.24) is 0 Å². The normalized spacial score (nSPS) is 11.4. The lowest BCUT2D eigenvalue weighted by Crippen LogP contribution is -2.29. The van der Waals surface area contributed by atoms with Crippen LogP contribution in [-0.2, 0) is 0 Å². The first-order chi connectivity index (χ1) is 11.6. The topological polar surface area (TPSA) is 77.5 Å². The molecular formula is C19H10O5. The van der Waals surface area contributed by atoms with Gasteiger partial charge >= 0.3 is 0 Å². The SMILES string of the molecule is COc1cccc2c(=O)c3c(=O)c4ccccc4c(=O)c=3c(=O)c12. The molecule has 2 aliphatic rings. The Hall–Kier alpha value is -3.34. The minimum atomic E-state index is -0.648. The molecule has 2 aromatic carbocycles. The van der Waals surface area contributed by atoms with Crippen molar-refractivity contribution in [3.63, 3.8) is 0 Å². The lowest BCUT2D eigenvalue weighted by Gasteiger charge is -2.04. The van der Waals surface area contributed by atoms with Crippen LogP contribution >= 0.6 is 0 Å². The molecule has 0 spiro atoms.